The summed E-state index contributed by atoms with van der Waals surface area (Å²) in [5, 5.41) is 17.4. The molecule has 1 atom stereocenters. The molecule has 1 aromatic heterocycles. The minimum atomic E-state index is -0.183. The van der Waals surface area contributed by atoms with Crippen molar-refractivity contribution < 1.29 is 9.84 Å². The van der Waals surface area contributed by atoms with Gasteiger partial charge in [-0.15, -0.1) is 0 Å². The quantitative estimate of drug-likeness (QED) is 0.885. The predicted molar refractivity (Wildman–Crippen MR) is 94.1 cm³/mol. The Morgan fingerprint density at radius 2 is 2.08 bits per heavy atom. The third-order valence-electron chi connectivity index (χ3n) is 4.74. The van der Waals surface area contributed by atoms with Crippen LogP contribution in [0.3, 0.4) is 0 Å². The molecule has 3 rings (SSSR count). The topological polar surface area (TPSA) is 59.3 Å². The van der Waals surface area contributed by atoms with Crippen molar-refractivity contribution in [1.29, 1.82) is 0 Å². The number of ether oxygens (including phenoxy) is 1. The van der Waals surface area contributed by atoms with Gasteiger partial charge in [-0.25, -0.2) is 0 Å². The largest absolute Gasteiger partial charge is 0.487 e. The zero-order chi connectivity index (χ0) is 17.3. The van der Waals surface area contributed by atoms with Crippen LogP contribution in [0.1, 0.15) is 48.8 Å². The predicted octanol–water partition coefficient (Wildman–Crippen LogP) is 2.88. The van der Waals surface area contributed by atoms with Gasteiger partial charge in [0, 0.05) is 35.8 Å². The summed E-state index contributed by atoms with van der Waals surface area (Å²) in [4.78, 5) is 0. The van der Waals surface area contributed by atoms with Crippen LogP contribution < -0.4 is 10.1 Å². The summed E-state index contributed by atoms with van der Waals surface area (Å²) in [5.41, 5.74) is 4.39. The molecule has 1 aromatic carbocycles. The number of rotatable bonds is 5. The molecule has 24 heavy (non-hydrogen) atoms. The molecule has 5 nitrogen and oxygen atoms in total. The van der Waals surface area contributed by atoms with Gasteiger partial charge >= 0.3 is 0 Å². The van der Waals surface area contributed by atoms with E-state index in [0.29, 0.717) is 6.54 Å². The van der Waals surface area contributed by atoms with E-state index in [1.807, 2.05) is 23.7 Å². The van der Waals surface area contributed by atoms with Gasteiger partial charge in [0.1, 0.15) is 11.4 Å². The number of hydrogen-bond acceptors (Lipinski definition) is 4. The molecule has 2 aromatic rings. The second-order valence-corrected chi connectivity index (χ2v) is 7.13. The van der Waals surface area contributed by atoms with Gasteiger partial charge in [-0.3, -0.25) is 4.68 Å². The molecule has 1 unspecified atom stereocenters. The van der Waals surface area contributed by atoms with Crippen molar-refractivity contribution in [1.82, 2.24) is 15.1 Å². The highest BCUT2D eigenvalue weighted by atomic mass is 16.5. The fourth-order valence-electron chi connectivity index (χ4n) is 3.51. The van der Waals surface area contributed by atoms with E-state index in [4.69, 9.17) is 9.84 Å². The van der Waals surface area contributed by atoms with Gasteiger partial charge in [-0.05, 0) is 33.8 Å². The first-order valence-electron chi connectivity index (χ1n) is 8.56. The summed E-state index contributed by atoms with van der Waals surface area (Å²) in [6.07, 6.45) is 0.923. The highest BCUT2D eigenvalue weighted by Gasteiger charge is 2.33. The zero-order valence-electron chi connectivity index (χ0n) is 15.0. The Hall–Kier alpha value is -1.85. The molecule has 5 heteroatoms. The Balaban J connectivity index is 1.80. The van der Waals surface area contributed by atoms with E-state index in [1.54, 1.807) is 0 Å². The summed E-state index contributed by atoms with van der Waals surface area (Å²) in [6.45, 7) is 9.77. The number of aliphatic hydroxyl groups is 1. The van der Waals surface area contributed by atoms with Gasteiger partial charge in [-0.1, -0.05) is 18.2 Å². The van der Waals surface area contributed by atoms with Crippen LogP contribution in [0.15, 0.2) is 24.3 Å². The fourth-order valence-corrected chi connectivity index (χ4v) is 3.51. The Morgan fingerprint density at radius 3 is 2.83 bits per heavy atom. The van der Waals surface area contributed by atoms with E-state index < -0.39 is 0 Å². The third-order valence-corrected chi connectivity index (χ3v) is 4.74. The smallest absolute Gasteiger partial charge is 0.124 e. The monoisotopic (exact) mass is 329 g/mol. The Bertz CT molecular complexity index is 721. The summed E-state index contributed by atoms with van der Waals surface area (Å²) in [5.74, 6) is 0.968. The van der Waals surface area contributed by atoms with Gasteiger partial charge < -0.3 is 15.2 Å². The van der Waals surface area contributed by atoms with Gasteiger partial charge in [0.05, 0.1) is 18.8 Å². The minimum absolute atomic E-state index is 0.107. The first-order chi connectivity index (χ1) is 11.4. The molecular formula is C19H27N3O2. The van der Waals surface area contributed by atoms with Crippen LogP contribution in [0.2, 0.25) is 0 Å². The van der Waals surface area contributed by atoms with Crippen LogP contribution in [0.25, 0.3) is 0 Å². The number of aliphatic hydroxyl groups excluding tert-OH is 1. The lowest BCUT2D eigenvalue weighted by Gasteiger charge is -2.38. The number of aromatic nitrogens is 2. The normalized spacial score (nSPS) is 19.0. The first-order valence-corrected chi connectivity index (χ1v) is 8.56. The molecule has 2 heterocycles. The van der Waals surface area contributed by atoms with Crippen LogP contribution in [-0.2, 0) is 13.1 Å². The lowest BCUT2D eigenvalue weighted by molar-refractivity contribution is 0.0657. The third kappa shape index (κ3) is 3.32. The maximum atomic E-state index is 9.15. The highest BCUT2D eigenvalue weighted by molar-refractivity contribution is 5.39. The fraction of sp³-hybridized carbons (Fsp3) is 0.526. The Morgan fingerprint density at radius 1 is 1.33 bits per heavy atom. The van der Waals surface area contributed by atoms with Crippen LogP contribution >= 0.6 is 0 Å². The molecule has 0 fully saturated rings. The van der Waals surface area contributed by atoms with Crippen molar-refractivity contribution in [2.75, 3.05) is 6.61 Å². The number of nitrogens with zero attached hydrogens (tertiary/aromatic N) is 2. The minimum Gasteiger partial charge on any atom is -0.487 e. The molecular weight excluding hydrogens is 302 g/mol. The van der Waals surface area contributed by atoms with Gasteiger partial charge in [0.2, 0.25) is 0 Å². The summed E-state index contributed by atoms with van der Waals surface area (Å²) in [6, 6.07) is 8.51. The molecule has 0 saturated heterocycles. The van der Waals surface area contributed by atoms with Crippen LogP contribution in [0.5, 0.6) is 5.75 Å². The van der Waals surface area contributed by atoms with Crippen molar-refractivity contribution in [3.63, 3.8) is 0 Å². The summed E-state index contributed by atoms with van der Waals surface area (Å²) in [7, 11) is 0. The molecule has 1 aliphatic heterocycles. The molecule has 0 radical (unpaired) electrons. The van der Waals surface area contributed by atoms with Crippen molar-refractivity contribution in [2.24, 2.45) is 0 Å². The number of para-hydroxylation sites is 1. The van der Waals surface area contributed by atoms with Crippen molar-refractivity contribution in [2.45, 2.75) is 58.8 Å². The number of hydrogen-bond donors (Lipinski definition) is 2. The molecule has 130 valence electrons. The number of fused-ring (bicyclic) bond motifs is 1. The molecule has 0 bridgehead atoms. The molecule has 0 saturated carbocycles. The highest BCUT2D eigenvalue weighted by Crippen LogP contribution is 2.39. The van der Waals surface area contributed by atoms with Crippen molar-refractivity contribution >= 4 is 0 Å². The molecule has 1 aliphatic rings. The summed E-state index contributed by atoms with van der Waals surface area (Å²) >= 11 is 0. The Kier molecular flexibility index (Phi) is 4.65. The second kappa shape index (κ2) is 6.57. The van der Waals surface area contributed by atoms with Gasteiger partial charge in [0.25, 0.3) is 0 Å². The van der Waals surface area contributed by atoms with Crippen molar-refractivity contribution in [3.8, 4) is 5.75 Å². The van der Waals surface area contributed by atoms with E-state index >= 15 is 0 Å². The standard InChI is InChI=1S/C19H27N3O2/c1-13-16(14(2)22(21-13)9-10-23)12-20-17-11-19(3,4)24-18-8-6-5-7-15(17)18/h5-8,17,20,23H,9-12H2,1-4H3. The maximum Gasteiger partial charge on any atom is 0.124 e. The first kappa shape index (κ1) is 17.0. The van der Waals surface area contributed by atoms with E-state index in [0.717, 1.165) is 30.1 Å². The molecule has 2 N–H and O–H groups in total. The van der Waals surface area contributed by atoms with Crippen molar-refractivity contribution in [3.05, 3.63) is 46.8 Å². The van der Waals surface area contributed by atoms with Gasteiger partial charge in [0.15, 0.2) is 0 Å². The maximum absolute atomic E-state index is 9.15. The number of nitrogens with one attached hydrogen (secondary N) is 1. The van der Waals surface area contributed by atoms with Crippen LogP contribution in [0, 0.1) is 13.8 Å². The van der Waals surface area contributed by atoms with Gasteiger partial charge in [-0.2, -0.15) is 5.10 Å². The summed E-state index contributed by atoms with van der Waals surface area (Å²) < 4.78 is 7.98. The lowest BCUT2D eigenvalue weighted by atomic mass is 9.89. The van der Waals surface area contributed by atoms with E-state index in [9.17, 15) is 0 Å². The number of benzene rings is 1. The molecule has 0 spiro atoms. The Labute approximate surface area is 143 Å². The average molecular weight is 329 g/mol. The van der Waals surface area contributed by atoms with Crippen LogP contribution in [0.4, 0.5) is 0 Å². The number of aryl methyl sites for hydroxylation is 1. The molecule has 0 aliphatic carbocycles. The van der Waals surface area contributed by atoms with E-state index in [1.165, 1.54) is 11.1 Å². The SMILES string of the molecule is Cc1nn(CCO)c(C)c1CNC1CC(C)(C)Oc2ccccc21. The second-order valence-electron chi connectivity index (χ2n) is 7.13. The zero-order valence-corrected chi connectivity index (χ0v) is 15.0. The average Bonchev–Trinajstić information content (AvgIpc) is 2.78. The van der Waals surface area contributed by atoms with E-state index in [-0.39, 0.29) is 18.2 Å². The lowest BCUT2D eigenvalue weighted by Crippen LogP contribution is -2.39. The van der Waals surface area contributed by atoms with Crippen LogP contribution in [-0.4, -0.2) is 27.1 Å². The molecule has 0 amide bonds. The van der Waals surface area contributed by atoms with E-state index in [2.05, 4.69) is 43.3 Å².